The number of aromatic nitrogens is 3. The lowest BCUT2D eigenvalue weighted by Gasteiger charge is -2.34. The zero-order valence-corrected chi connectivity index (χ0v) is 16.8. The normalized spacial score (nSPS) is 26.2. The Bertz CT molecular complexity index is 795. The van der Waals surface area contributed by atoms with Crippen LogP contribution in [0.15, 0.2) is 24.5 Å². The quantitative estimate of drug-likeness (QED) is 0.805. The number of rotatable bonds is 6. The SMILES string of the molecule is CN1CCC(Nc2ccc(-c3cn(C4CC(CN)C4)nc3C3CC3)nc2)CC1. The van der Waals surface area contributed by atoms with Gasteiger partial charge in [-0.05, 0) is 83.3 Å². The predicted octanol–water partition coefficient (Wildman–Crippen LogP) is 3.24. The predicted molar refractivity (Wildman–Crippen MR) is 112 cm³/mol. The zero-order chi connectivity index (χ0) is 19.1. The number of anilines is 1. The van der Waals surface area contributed by atoms with E-state index in [9.17, 15) is 0 Å². The first-order valence-electron chi connectivity index (χ1n) is 10.9. The molecule has 3 N–H and O–H groups in total. The Labute approximate surface area is 167 Å². The van der Waals surface area contributed by atoms with Crippen molar-refractivity contribution in [3.8, 4) is 11.3 Å². The molecule has 28 heavy (non-hydrogen) atoms. The average Bonchev–Trinajstić information content (AvgIpc) is 3.43. The van der Waals surface area contributed by atoms with Crippen molar-refractivity contribution >= 4 is 5.69 Å². The summed E-state index contributed by atoms with van der Waals surface area (Å²) in [6, 6.07) is 5.42. The highest BCUT2D eigenvalue weighted by Gasteiger charge is 2.34. The minimum Gasteiger partial charge on any atom is -0.381 e. The number of piperidine rings is 1. The van der Waals surface area contributed by atoms with Gasteiger partial charge in [0.15, 0.2) is 0 Å². The summed E-state index contributed by atoms with van der Waals surface area (Å²) in [6.07, 6.45) is 11.5. The van der Waals surface area contributed by atoms with E-state index < -0.39 is 0 Å². The van der Waals surface area contributed by atoms with Crippen molar-refractivity contribution in [3.63, 3.8) is 0 Å². The third-order valence-corrected chi connectivity index (χ3v) is 6.77. The van der Waals surface area contributed by atoms with Gasteiger partial charge in [-0.1, -0.05) is 0 Å². The highest BCUT2D eigenvalue weighted by atomic mass is 15.3. The summed E-state index contributed by atoms with van der Waals surface area (Å²) < 4.78 is 2.20. The van der Waals surface area contributed by atoms with Crippen LogP contribution in [0.25, 0.3) is 11.3 Å². The lowest BCUT2D eigenvalue weighted by atomic mass is 9.80. The maximum Gasteiger partial charge on any atom is 0.0749 e. The number of nitrogens with one attached hydrogen (secondary N) is 1. The van der Waals surface area contributed by atoms with E-state index in [2.05, 4.69) is 40.3 Å². The van der Waals surface area contributed by atoms with Gasteiger partial charge in [-0.2, -0.15) is 5.10 Å². The van der Waals surface area contributed by atoms with Crippen LogP contribution in [0.2, 0.25) is 0 Å². The molecule has 6 nitrogen and oxygen atoms in total. The van der Waals surface area contributed by atoms with Crippen molar-refractivity contribution < 1.29 is 0 Å². The van der Waals surface area contributed by atoms with Gasteiger partial charge in [0.05, 0.1) is 29.3 Å². The topological polar surface area (TPSA) is 72.0 Å². The van der Waals surface area contributed by atoms with Gasteiger partial charge in [0.25, 0.3) is 0 Å². The third-order valence-electron chi connectivity index (χ3n) is 6.77. The Balaban J connectivity index is 1.31. The second kappa shape index (κ2) is 7.48. The van der Waals surface area contributed by atoms with Crippen LogP contribution < -0.4 is 11.1 Å². The molecule has 3 fully saturated rings. The summed E-state index contributed by atoms with van der Waals surface area (Å²) in [4.78, 5) is 7.20. The highest BCUT2D eigenvalue weighted by molar-refractivity contribution is 5.64. The molecule has 3 aliphatic rings. The second-order valence-corrected chi connectivity index (χ2v) is 9.06. The van der Waals surface area contributed by atoms with Gasteiger partial charge in [-0.15, -0.1) is 0 Å². The third kappa shape index (κ3) is 3.67. The minimum atomic E-state index is 0.519. The molecule has 0 atom stereocenters. The van der Waals surface area contributed by atoms with Crippen LogP contribution in [-0.4, -0.2) is 52.4 Å². The Morgan fingerprint density at radius 3 is 2.57 bits per heavy atom. The maximum absolute atomic E-state index is 5.80. The summed E-state index contributed by atoms with van der Waals surface area (Å²) in [6.45, 7) is 3.13. The minimum absolute atomic E-state index is 0.519. The summed E-state index contributed by atoms with van der Waals surface area (Å²) in [7, 11) is 2.20. The summed E-state index contributed by atoms with van der Waals surface area (Å²) in [5.74, 6) is 1.30. The van der Waals surface area contributed by atoms with Crippen LogP contribution in [0.3, 0.4) is 0 Å². The number of nitrogens with two attached hydrogens (primary N) is 1. The fourth-order valence-corrected chi connectivity index (χ4v) is 4.58. The van der Waals surface area contributed by atoms with Crippen LogP contribution in [0.4, 0.5) is 5.69 Å². The largest absolute Gasteiger partial charge is 0.381 e. The van der Waals surface area contributed by atoms with E-state index in [0.29, 0.717) is 23.9 Å². The van der Waals surface area contributed by atoms with E-state index in [-0.39, 0.29) is 0 Å². The molecule has 0 radical (unpaired) electrons. The van der Waals surface area contributed by atoms with E-state index in [4.69, 9.17) is 15.8 Å². The number of hydrogen-bond donors (Lipinski definition) is 2. The van der Waals surface area contributed by atoms with E-state index in [0.717, 1.165) is 30.8 Å². The number of nitrogens with zero attached hydrogens (tertiary/aromatic N) is 4. The van der Waals surface area contributed by atoms with E-state index in [1.807, 2.05) is 6.20 Å². The van der Waals surface area contributed by atoms with Crippen LogP contribution in [-0.2, 0) is 0 Å². The number of likely N-dealkylation sites (tertiary alicyclic amines) is 1. The maximum atomic E-state index is 5.80. The van der Waals surface area contributed by atoms with Gasteiger partial charge in [0.2, 0.25) is 0 Å². The first kappa shape index (κ1) is 18.1. The lowest BCUT2D eigenvalue weighted by molar-refractivity contribution is 0.189. The first-order valence-corrected chi connectivity index (χ1v) is 10.9. The van der Waals surface area contributed by atoms with Crippen LogP contribution >= 0.6 is 0 Å². The molecule has 0 spiro atoms. The zero-order valence-electron chi connectivity index (χ0n) is 16.8. The van der Waals surface area contributed by atoms with E-state index >= 15 is 0 Å². The van der Waals surface area contributed by atoms with Gasteiger partial charge in [-0.25, -0.2) is 0 Å². The molecular formula is C22H32N6. The average molecular weight is 381 g/mol. The molecule has 5 rings (SSSR count). The fraction of sp³-hybridized carbons (Fsp3) is 0.636. The van der Waals surface area contributed by atoms with Crippen LogP contribution in [0, 0.1) is 5.92 Å². The Morgan fingerprint density at radius 2 is 1.93 bits per heavy atom. The van der Waals surface area contributed by atoms with E-state index in [1.165, 1.54) is 50.0 Å². The van der Waals surface area contributed by atoms with E-state index in [1.54, 1.807) is 0 Å². The molecular weight excluding hydrogens is 348 g/mol. The molecule has 0 bridgehead atoms. The molecule has 2 aromatic rings. The van der Waals surface area contributed by atoms with Crippen LogP contribution in [0.1, 0.15) is 56.2 Å². The molecule has 150 valence electrons. The second-order valence-electron chi connectivity index (χ2n) is 9.06. The number of hydrogen-bond acceptors (Lipinski definition) is 5. The van der Waals surface area contributed by atoms with Crippen molar-refractivity contribution in [2.45, 2.75) is 56.5 Å². The molecule has 2 aliphatic carbocycles. The van der Waals surface area contributed by atoms with Crippen molar-refractivity contribution in [1.29, 1.82) is 0 Å². The van der Waals surface area contributed by atoms with Gasteiger partial charge < -0.3 is 16.0 Å². The highest BCUT2D eigenvalue weighted by Crippen LogP contribution is 2.45. The molecule has 3 heterocycles. The van der Waals surface area contributed by atoms with Crippen molar-refractivity contribution in [1.82, 2.24) is 19.7 Å². The van der Waals surface area contributed by atoms with Crippen molar-refractivity contribution in [2.24, 2.45) is 11.7 Å². The van der Waals surface area contributed by atoms with Crippen LogP contribution in [0.5, 0.6) is 0 Å². The van der Waals surface area contributed by atoms with Gasteiger partial charge >= 0.3 is 0 Å². The molecule has 1 aliphatic heterocycles. The van der Waals surface area contributed by atoms with Gasteiger partial charge in [-0.3, -0.25) is 9.67 Å². The Kier molecular flexibility index (Phi) is 4.85. The Morgan fingerprint density at radius 1 is 1.14 bits per heavy atom. The summed E-state index contributed by atoms with van der Waals surface area (Å²) >= 11 is 0. The number of pyridine rings is 1. The summed E-state index contributed by atoms with van der Waals surface area (Å²) in [5, 5.41) is 8.64. The lowest BCUT2D eigenvalue weighted by Crippen LogP contribution is -2.36. The first-order chi connectivity index (χ1) is 13.7. The van der Waals surface area contributed by atoms with Gasteiger partial charge in [0.1, 0.15) is 0 Å². The molecule has 0 amide bonds. The molecule has 1 saturated heterocycles. The Hall–Kier alpha value is -1.92. The van der Waals surface area contributed by atoms with Gasteiger partial charge in [0, 0.05) is 23.7 Å². The standard InChI is InChI=1S/C22H32N6/c1-27-8-6-17(7-9-27)25-18-4-5-21(24-13-18)20-14-28(19-10-15(11-19)12-23)26-22(20)16-2-3-16/h4-5,13-17,19,25H,2-3,6-12,23H2,1H3. The molecule has 2 aromatic heterocycles. The fourth-order valence-electron chi connectivity index (χ4n) is 4.58. The smallest absolute Gasteiger partial charge is 0.0749 e. The monoisotopic (exact) mass is 380 g/mol. The summed E-state index contributed by atoms with van der Waals surface area (Å²) in [5.41, 5.74) is 10.5. The molecule has 0 aromatic carbocycles. The molecule has 2 saturated carbocycles. The van der Waals surface area contributed by atoms with Crippen molar-refractivity contribution in [3.05, 3.63) is 30.2 Å². The van der Waals surface area contributed by atoms with Crippen molar-refractivity contribution in [2.75, 3.05) is 32.0 Å². The molecule has 6 heteroatoms. The molecule has 0 unspecified atom stereocenters.